The number of hydrogen-bond donors (Lipinski definition) is 1. The zero-order valence-electron chi connectivity index (χ0n) is 10.7. The second kappa shape index (κ2) is 4.20. The van der Waals surface area contributed by atoms with Gasteiger partial charge in [-0.3, -0.25) is 0 Å². The van der Waals surface area contributed by atoms with E-state index in [1.165, 1.54) is 0 Å². The van der Waals surface area contributed by atoms with E-state index < -0.39 is 0 Å². The predicted octanol–water partition coefficient (Wildman–Crippen LogP) is 2.50. The number of rotatable bonds is 2. The summed E-state index contributed by atoms with van der Waals surface area (Å²) in [6.07, 6.45) is 0. The summed E-state index contributed by atoms with van der Waals surface area (Å²) in [5.41, 5.74) is 8.74. The molecule has 0 bridgehead atoms. The Balaban J connectivity index is 2.52. The summed E-state index contributed by atoms with van der Waals surface area (Å²) in [5.74, 6) is 2.11. The first-order chi connectivity index (χ1) is 7.99. The molecule has 1 heterocycles. The van der Waals surface area contributed by atoms with Crippen molar-refractivity contribution in [1.29, 1.82) is 0 Å². The Hall–Kier alpha value is -1.84. The SMILES string of the molecule is Cc1cc(N)ccc1-c1nc(C(C)C)nn1C. The van der Waals surface area contributed by atoms with E-state index in [0.29, 0.717) is 5.92 Å². The van der Waals surface area contributed by atoms with E-state index in [2.05, 4.69) is 23.9 Å². The van der Waals surface area contributed by atoms with E-state index in [0.717, 1.165) is 28.5 Å². The van der Waals surface area contributed by atoms with Crippen molar-refractivity contribution >= 4 is 5.69 Å². The molecule has 0 saturated carbocycles. The van der Waals surface area contributed by atoms with Gasteiger partial charge in [-0.1, -0.05) is 13.8 Å². The molecular formula is C13H18N4. The topological polar surface area (TPSA) is 56.7 Å². The molecule has 17 heavy (non-hydrogen) atoms. The third-order valence-electron chi connectivity index (χ3n) is 2.79. The summed E-state index contributed by atoms with van der Waals surface area (Å²) in [5, 5.41) is 4.42. The fraction of sp³-hybridized carbons (Fsp3) is 0.385. The van der Waals surface area contributed by atoms with Gasteiger partial charge in [-0.25, -0.2) is 9.67 Å². The van der Waals surface area contributed by atoms with Crippen molar-refractivity contribution in [2.24, 2.45) is 7.05 Å². The molecule has 4 heteroatoms. The Morgan fingerprint density at radius 2 is 2.00 bits per heavy atom. The Kier molecular flexibility index (Phi) is 2.88. The van der Waals surface area contributed by atoms with E-state index in [9.17, 15) is 0 Å². The van der Waals surface area contributed by atoms with E-state index >= 15 is 0 Å². The molecule has 0 atom stereocenters. The number of aryl methyl sites for hydroxylation is 2. The second-order valence-corrected chi connectivity index (χ2v) is 4.65. The molecule has 0 unspecified atom stereocenters. The number of aromatic nitrogens is 3. The summed E-state index contributed by atoms with van der Waals surface area (Å²) in [7, 11) is 1.92. The Morgan fingerprint density at radius 1 is 1.29 bits per heavy atom. The Bertz CT molecular complexity index is 540. The third kappa shape index (κ3) is 2.16. The van der Waals surface area contributed by atoms with Crippen LogP contribution in [0.1, 0.15) is 31.2 Å². The molecule has 2 rings (SSSR count). The van der Waals surface area contributed by atoms with Crippen LogP contribution in [0.5, 0.6) is 0 Å². The minimum Gasteiger partial charge on any atom is -0.399 e. The van der Waals surface area contributed by atoms with Crippen LogP contribution in [-0.2, 0) is 7.05 Å². The largest absolute Gasteiger partial charge is 0.399 e. The highest BCUT2D eigenvalue weighted by molar-refractivity contribution is 5.63. The van der Waals surface area contributed by atoms with Gasteiger partial charge in [0.2, 0.25) is 0 Å². The van der Waals surface area contributed by atoms with Crippen LogP contribution < -0.4 is 5.73 Å². The van der Waals surface area contributed by atoms with Gasteiger partial charge in [0.05, 0.1) is 0 Å². The molecule has 2 N–H and O–H groups in total. The smallest absolute Gasteiger partial charge is 0.158 e. The summed E-state index contributed by atoms with van der Waals surface area (Å²) < 4.78 is 1.83. The fourth-order valence-electron chi connectivity index (χ4n) is 1.82. The summed E-state index contributed by atoms with van der Waals surface area (Å²) in [6, 6.07) is 5.85. The lowest BCUT2D eigenvalue weighted by Gasteiger charge is -2.05. The van der Waals surface area contributed by atoms with Gasteiger partial charge >= 0.3 is 0 Å². The lowest BCUT2D eigenvalue weighted by atomic mass is 10.1. The highest BCUT2D eigenvalue weighted by Crippen LogP contribution is 2.24. The monoisotopic (exact) mass is 230 g/mol. The van der Waals surface area contributed by atoms with Crippen molar-refractivity contribution < 1.29 is 0 Å². The van der Waals surface area contributed by atoms with Crippen LogP contribution in [0.15, 0.2) is 18.2 Å². The molecule has 0 radical (unpaired) electrons. The number of nitrogens with zero attached hydrogens (tertiary/aromatic N) is 3. The molecule has 0 saturated heterocycles. The highest BCUT2D eigenvalue weighted by Gasteiger charge is 2.13. The van der Waals surface area contributed by atoms with Crippen molar-refractivity contribution in [2.45, 2.75) is 26.7 Å². The molecule has 0 amide bonds. The Labute approximate surface area is 101 Å². The molecule has 90 valence electrons. The van der Waals surface area contributed by atoms with E-state index in [4.69, 9.17) is 5.73 Å². The molecule has 0 spiro atoms. The molecule has 0 fully saturated rings. The van der Waals surface area contributed by atoms with Crippen molar-refractivity contribution in [3.05, 3.63) is 29.6 Å². The highest BCUT2D eigenvalue weighted by atomic mass is 15.3. The third-order valence-corrected chi connectivity index (χ3v) is 2.79. The van der Waals surface area contributed by atoms with Gasteiger partial charge in [-0.05, 0) is 30.7 Å². The maximum atomic E-state index is 5.75. The van der Waals surface area contributed by atoms with Crippen molar-refractivity contribution in [1.82, 2.24) is 14.8 Å². The summed E-state index contributed by atoms with van der Waals surface area (Å²) in [6.45, 7) is 6.22. The summed E-state index contributed by atoms with van der Waals surface area (Å²) >= 11 is 0. The first-order valence-electron chi connectivity index (χ1n) is 5.76. The van der Waals surface area contributed by atoms with Gasteiger partial charge in [0.15, 0.2) is 11.6 Å². The lowest BCUT2D eigenvalue weighted by Crippen LogP contribution is -1.97. The van der Waals surface area contributed by atoms with Crippen LogP contribution in [0.25, 0.3) is 11.4 Å². The van der Waals surface area contributed by atoms with Gasteiger partial charge in [0.1, 0.15) is 0 Å². The molecule has 1 aromatic carbocycles. The van der Waals surface area contributed by atoms with Crippen LogP contribution in [0.4, 0.5) is 5.69 Å². The van der Waals surface area contributed by atoms with Crippen molar-refractivity contribution in [2.75, 3.05) is 5.73 Å². The Morgan fingerprint density at radius 3 is 2.53 bits per heavy atom. The number of benzene rings is 1. The van der Waals surface area contributed by atoms with Crippen LogP contribution in [0, 0.1) is 6.92 Å². The minimum atomic E-state index is 0.337. The zero-order chi connectivity index (χ0) is 12.6. The lowest BCUT2D eigenvalue weighted by molar-refractivity contribution is 0.712. The standard InChI is InChI=1S/C13H18N4/c1-8(2)12-15-13(17(4)16-12)11-6-5-10(14)7-9(11)3/h5-8H,14H2,1-4H3. The van der Waals surface area contributed by atoms with Crippen LogP contribution in [0.2, 0.25) is 0 Å². The van der Waals surface area contributed by atoms with Gasteiger partial charge < -0.3 is 5.73 Å². The van der Waals surface area contributed by atoms with Crippen LogP contribution in [-0.4, -0.2) is 14.8 Å². The van der Waals surface area contributed by atoms with Crippen LogP contribution >= 0.6 is 0 Å². The van der Waals surface area contributed by atoms with Crippen molar-refractivity contribution in [3.63, 3.8) is 0 Å². The second-order valence-electron chi connectivity index (χ2n) is 4.65. The van der Waals surface area contributed by atoms with E-state index in [1.54, 1.807) is 0 Å². The van der Waals surface area contributed by atoms with E-state index in [1.807, 2.05) is 36.9 Å². The zero-order valence-corrected chi connectivity index (χ0v) is 10.7. The molecule has 0 aliphatic heterocycles. The first kappa shape index (κ1) is 11.6. The van der Waals surface area contributed by atoms with Crippen LogP contribution in [0.3, 0.4) is 0 Å². The van der Waals surface area contributed by atoms with Gasteiger partial charge in [-0.2, -0.15) is 5.10 Å². The molecule has 0 aliphatic carbocycles. The molecular weight excluding hydrogens is 212 g/mol. The quantitative estimate of drug-likeness (QED) is 0.806. The average Bonchev–Trinajstić information content (AvgIpc) is 2.61. The minimum absolute atomic E-state index is 0.337. The number of hydrogen-bond acceptors (Lipinski definition) is 3. The predicted molar refractivity (Wildman–Crippen MR) is 69.7 cm³/mol. The molecule has 1 aromatic heterocycles. The fourth-order valence-corrected chi connectivity index (χ4v) is 1.82. The maximum Gasteiger partial charge on any atom is 0.158 e. The van der Waals surface area contributed by atoms with Crippen molar-refractivity contribution in [3.8, 4) is 11.4 Å². The maximum absolute atomic E-state index is 5.75. The van der Waals surface area contributed by atoms with Gasteiger partial charge in [0.25, 0.3) is 0 Å². The molecule has 4 nitrogen and oxygen atoms in total. The number of nitrogens with two attached hydrogens (primary N) is 1. The normalized spacial score (nSPS) is 11.1. The number of nitrogen functional groups attached to an aromatic ring is 1. The van der Waals surface area contributed by atoms with Gasteiger partial charge in [-0.15, -0.1) is 0 Å². The van der Waals surface area contributed by atoms with Gasteiger partial charge in [0, 0.05) is 24.2 Å². The summed E-state index contributed by atoms with van der Waals surface area (Å²) in [4.78, 5) is 4.58. The average molecular weight is 230 g/mol. The number of anilines is 1. The van der Waals surface area contributed by atoms with E-state index in [-0.39, 0.29) is 0 Å². The molecule has 2 aromatic rings. The first-order valence-corrected chi connectivity index (χ1v) is 5.76. The molecule has 0 aliphatic rings.